The molecular weight excluding hydrogens is 106 g/mol. The maximum Gasteiger partial charge on any atom is 0.165 e. The van der Waals surface area contributed by atoms with E-state index in [1.807, 2.05) is 0 Å². The van der Waals surface area contributed by atoms with Crippen LogP contribution in [0.1, 0.15) is 0 Å². The summed E-state index contributed by atoms with van der Waals surface area (Å²) in [6.07, 6.45) is 0. The minimum atomic E-state index is -0.0185. The van der Waals surface area contributed by atoms with Crippen LogP contribution in [0.5, 0.6) is 0 Å². The molecule has 0 aromatic rings. The molecule has 46 valence electrons. The molecular formula is C5H9NO2. The number of nitrogens with two attached hydrogens (primary N) is 1. The summed E-state index contributed by atoms with van der Waals surface area (Å²) in [4.78, 5) is 10.6. The van der Waals surface area contributed by atoms with Crippen LogP contribution in [0.25, 0.3) is 0 Å². The van der Waals surface area contributed by atoms with Gasteiger partial charge in [-0.15, -0.1) is 0 Å². The molecule has 0 aliphatic carbocycles. The molecule has 3 nitrogen and oxygen atoms in total. The fourth-order valence-electron chi connectivity index (χ4n) is 0.712. The van der Waals surface area contributed by atoms with Crippen molar-refractivity contribution in [3.05, 3.63) is 0 Å². The molecule has 0 spiro atoms. The summed E-state index contributed by atoms with van der Waals surface area (Å²) in [5.74, 6) is 0.127. The molecule has 0 amide bonds. The first-order valence-corrected chi connectivity index (χ1v) is 2.65. The first-order chi connectivity index (χ1) is 3.84. The SMILES string of the molecule is NC[C@H]1COCC1=O. The highest BCUT2D eigenvalue weighted by atomic mass is 16.5. The molecule has 0 aromatic heterocycles. The van der Waals surface area contributed by atoms with Crippen LogP contribution < -0.4 is 5.73 Å². The molecule has 2 N–H and O–H groups in total. The second kappa shape index (κ2) is 2.24. The van der Waals surface area contributed by atoms with Crippen molar-refractivity contribution in [3.8, 4) is 0 Å². The predicted octanol–water partition coefficient (Wildman–Crippen LogP) is -0.839. The van der Waals surface area contributed by atoms with Crippen LogP contribution in [-0.4, -0.2) is 25.5 Å². The largest absolute Gasteiger partial charge is 0.373 e. The van der Waals surface area contributed by atoms with Gasteiger partial charge in [0.15, 0.2) is 5.78 Å². The van der Waals surface area contributed by atoms with Crippen molar-refractivity contribution in [2.75, 3.05) is 19.8 Å². The second-order valence-electron chi connectivity index (χ2n) is 1.91. The average molecular weight is 115 g/mol. The van der Waals surface area contributed by atoms with Gasteiger partial charge in [0.05, 0.1) is 12.5 Å². The summed E-state index contributed by atoms with van der Waals surface area (Å²) in [6.45, 7) is 1.22. The molecule has 1 heterocycles. The lowest BCUT2D eigenvalue weighted by atomic mass is 10.1. The minimum absolute atomic E-state index is 0.0185. The number of rotatable bonds is 1. The Morgan fingerprint density at radius 3 is 2.88 bits per heavy atom. The van der Waals surface area contributed by atoms with Crippen molar-refractivity contribution in [2.24, 2.45) is 11.7 Å². The Bertz CT molecular complexity index is 103. The van der Waals surface area contributed by atoms with E-state index in [0.717, 1.165) is 0 Å². The average Bonchev–Trinajstić information content (AvgIpc) is 2.14. The highest BCUT2D eigenvalue weighted by Gasteiger charge is 2.22. The molecule has 3 heteroatoms. The summed E-state index contributed by atoms with van der Waals surface area (Å²) < 4.78 is 4.83. The number of carbonyl (C=O) groups is 1. The van der Waals surface area contributed by atoms with E-state index in [2.05, 4.69) is 0 Å². The summed E-state index contributed by atoms with van der Waals surface area (Å²) in [6, 6.07) is 0. The van der Waals surface area contributed by atoms with E-state index in [1.54, 1.807) is 0 Å². The van der Waals surface area contributed by atoms with E-state index in [0.29, 0.717) is 13.2 Å². The van der Waals surface area contributed by atoms with Crippen LogP contribution in [-0.2, 0) is 9.53 Å². The van der Waals surface area contributed by atoms with Gasteiger partial charge < -0.3 is 10.5 Å². The van der Waals surface area contributed by atoms with Crippen molar-refractivity contribution in [1.82, 2.24) is 0 Å². The van der Waals surface area contributed by atoms with Crippen LogP contribution >= 0.6 is 0 Å². The lowest BCUT2D eigenvalue weighted by Crippen LogP contribution is -2.21. The normalized spacial score (nSPS) is 29.1. The van der Waals surface area contributed by atoms with Crippen LogP contribution in [0.4, 0.5) is 0 Å². The topological polar surface area (TPSA) is 52.3 Å². The second-order valence-corrected chi connectivity index (χ2v) is 1.91. The van der Waals surface area contributed by atoms with Gasteiger partial charge in [-0.05, 0) is 0 Å². The third-order valence-corrected chi connectivity index (χ3v) is 1.30. The Balaban J connectivity index is 2.42. The zero-order valence-electron chi connectivity index (χ0n) is 4.59. The molecule has 0 aromatic carbocycles. The lowest BCUT2D eigenvalue weighted by molar-refractivity contribution is -0.120. The van der Waals surface area contributed by atoms with Crippen molar-refractivity contribution in [1.29, 1.82) is 0 Å². The number of carbonyl (C=O) groups excluding carboxylic acids is 1. The van der Waals surface area contributed by atoms with Gasteiger partial charge in [-0.1, -0.05) is 0 Å². The van der Waals surface area contributed by atoms with E-state index >= 15 is 0 Å². The van der Waals surface area contributed by atoms with Gasteiger partial charge in [-0.25, -0.2) is 0 Å². The van der Waals surface area contributed by atoms with Gasteiger partial charge >= 0.3 is 0 Å². The molecule has 1 fully saturated rings. The first kappa shape index (κ1) is 5.72. The predicted molar refractivity (Wildman–Crippen MR) is 28.4 cm³/mol. The summed E-state index contributed by atoms with van der Waals surface area (Å²) in [5.41, 5.74) is 5.22. The molecule has 0 unspecified atom stereocenters. The van der Waals surface area contributed by atoms with E-state index in [4.69, 9.17) is 10.5 Å². The van der Waals surface area contributed by atoms with E-state index in [-0.39, 0.29) is 18.3 Å². The van der Waals surface area contributed by atoms with Gasteiger partial charge in [-0.3, -0.25) is 4.79 Å². The van der Waals surface area contributed by atoms with Crippen molar-refractivity contribution < 1.29 is 9.53 Å². The molecule has 0 radical (unpaired) electrons. The third-order valence-electron chi connectivity index (χ3n) is 1.30. The van der Waals surface area contributed by atoms with Gasteiger partial charge in [-0.2, -0.15) is 0 Å². The highest BCUT2D eigenvalue weighted by molar-refractivity contribution is 5.84. The van der Waals surface area contributed by atoms with Gasteiger partial charge in [0.25, 0.3) is 0 Å². The molecule has 1 aliphatic heterocycles. The monoisotopic (exact) mass is 115 g/mol. The van der Waals surface area contributed by atoms with Crippen molar-refractivity contribution >= 4 is 5.78 Å². The van der Waals surface area contributed by atoms with Crippen molar-refractivity contribution in [3.63, 3.8) is 0 Å². The standard InChI is InChI=1S/C5H9NO2/c6-1-4-2-8-3-5(4)7/h4H,1-3,6H2/t4-/m0/s1. The molecule has 1 aliphatic rings. The minimum Gasteiger partial charge on any atom is -0.373 e. The Labute approximate surface area is 47.8 Å². The zero-order chi connectivity index (χ0) is 5.98. The Hall–Kier alpha value is -0.410. The summed E-state index contributed by atoms with van der Waals surface area (Å²) in [7, 11) is 0. The molecule has 0 bridgehead atoms. The number of ether oxygens (including phenoxy) is 1. The molecule has 1 rings (SSSR count). The third kappa shape index (κ3) is 0.877. The molecule has 8 heavy (non-hydrogen) atoms. The Morgan fingerprint density at radius 2 is 2.62 bits per heavy atom. The number of Topliss-reactive ketones (excluding diaryl/α,β-unsaturated/α-hetero) is 1. The van der Waals surface area contributed by atoms with Crippen LogP contribution in [0.15, 0.2) is 0 Å². The molecule has 1 atom stereocenters. The maximum atomic E-state index is 10.6. The molecule has 0 saturated carbocycles. The fraction of sp³-hybridized carbons (Fsp3) is 0.800. The van der Waals surface area contributed by atoms with E-state index in [1.165, 1.54) is 0 Å². The van der Waals surface area contributed by atoms with Crippen LogP contribution in [0.3, 0.4) is 0 Å². The smallest absolute Gasteiger partial charge is 0.165 e. The Kier molecular flexibility index (Phi) is 1.60. The summed E-state index contributed by atoms with van der Waals surface area (Å²) >= 11 is 0. The van der Waals surface area contributed by atoms with Gasteiger partial charge in [0.2, 0.25) is 0 Å². The molecule has 1 saturated heterocycles. The van der Waals surface area contributed by atoms with E-state index < -0.39 is 0 Å². The van der Waals surface area contributed by atoms with Crippen LogP contribution in [0, 0.1) is 5.92 Å². The maximum absolute atomic E-state index is 10.6. The highest BCUT2D eigenvalue weighted by Crippen LogP contribution is 2.04. The first-order valence-electron chi connectivity index (χ1n) is 2.65. The number of hydrogen-bond acceptors (Lipinski definition) is 3. The van der Waals surface area contributed by atoms with Crippen molar-refractivity contribution in [2.45, 2.75) is 0 Å². The zero-order valence-corrected chi connectivity index (χ0v) is 4.59. The quantitative estimate of drug-likeness (QED) is 0.485. The number of ketones is 1. The van der Waals surface area contributed by atoms with E-state index in [9.17, 15) is 4.79 Å². The summed E-state index contributed by atoms with van der Waals surface area (Å²) in [5, 5.41) is 0. The fourth-order valence-corrected chi connectivity index (χ4v) is 0.712. The Morgan fingerprint density at radius 1 is 1.88 bits per heavy atom. The van der Waals surface area contributed by atoms with Crippen LogP contribution in [0.2, 0.25) is 0 Å². The lowest BCUT2D eigenvalue weighted by Gasteiger charge is -1.96. The van der Waals surface area contributed by atoms with Gasteiger partial charge in [0, 0.05) is 6.54 Å². The van der Waals surface area contributed by atoms with Gasteiger partial charge in [0.1, 0.15) is 6.61 Å². The number of hydrogen-bond donors (Lipinski definition) is 1.